The lowest BCUT2D eigenvalue weighted by Crippen LogP contribution is -2.30. The van der Waals surface area contributed by atoms with Crippen LogP contribution in [0, 0.1) is 5.82 Å². The largest absolute Gasteiger partial charge is 0.363 e. The molecule has 2 aromatic heterocycles. The highest BCUT2D eigenvalue weighted by atomic mass is 32.1. The zero-order valence-electron chi connectivity index (χ0n) is 16.2. The lowest BCUT2D eigenvalue weighted by molar-refractivity contribution is 0.422. The molecule has 7 heteroatoms. The second kappa shape index (κ2) is 8.84. The van der Waals surface area contributed by atoms with Gasteiger partial charge in [0.15, 0.2) is 5.11 Å². The highest BCUT2D eigenvalue weighted by molar-refractivity contribution is 7.80. The van der Waals surface area contributed by atoms with Crippen LogP contribution in [0.1, 0.15) is 18.5 Å². The van der Waals surface area contributed by atoms with E-state index in [1.165, 1.54) is 12.1 Å². The van der Waals surface area contributed by atoms with E-state index < -0.39 is 0 Å². The summed E-state index contributed by atoms with van der Waals surface area (Å²) in [6.45, 7) is 1.97. The third-order valence-corrected chi connectivity index (χ3v) is 4.87. The van der Waals surface area contributed by atoms with E-state index in [0.29, 0.717) is 10.8 Å². The molecule has 0 aliphatic carbocycles. The van der Waals surface area contributed by atoms with Gasteiger partial charge in [-0.3, -0.25) is 4.98 Å². The minimum Gasteiger partial charge on any atom is -0.363 e. The van der Waals surface area contributed by atoms with Crippen molar-refractivity contribution in [3.63, 3.8) is 0 Å². The quantitative estimate of drug-likeness (QED) is 0.412. The lowest BCUT2D eigenvalue weighted by Gasteiger charge is -2.17. The maximum atomic E-state index is 13.1. The molecule has 0 saturated carbocycles. The lowest BCUT2D eigenvalue weighted by atomic mass is 10.0. The van der Waals surface area contributed by atoms with E-state index in [-0.39, 0.29) is 11.9 Å². The average molecular weight is 418 g/mol. The minimum absolute atomic E-state index is 0.0530. The Morgan fingerprint density at radius 2 is 1.80 bits per heavy atom. The van der Waals surface area contributed by atoms with E-state index in [9.17, 15) is 4.39 Å². The molecule has 0 bridgehead atoms. The van der Waals surface area contributed by atoms with E-state index >= 15 is 0 Å². The van der Waals surface area contributed by atoms with Crippen molar-refractivity contribution in [3.8, 4) is 22.5 Å². The Balaban J connectivity index is 1.43. The zero-order valence-corrected chi connectivity index (χ0v) is 17.0. The SMILES string of the molecule is CC(NC(=S)Nc1ccc(-c2conc2-c2ccccn2)cc1)c1ccc(F)cc1. The van der Waals surface area contributed by atoms with Gasteiger partial charge in [0, 0.05) is 11.9 Å². The van der Waals surface area contributed by atoms with Crippen LogP contribution in [0.15, 0.2) is 83.7 Å². The Morgan fingerprint density at radius 3 is 2.50 bits per heavy atom. The number of rotatable bonds is 5. The van der Waals surface area contributed by atoms with Crippen molar-refractivity contribution < 1.29 is 8.91 Å². The Kier molecular flexibility index (Phi) is 5.81. The first-order valence-corrected chi connectivity index (χ1v) is 9.80. The van der Waals surface area contributed by atoms with Gasteiger partial charge in [0.1, 0.15) is 17.8 Å². The fourth-order valence-electron chi connectivity index (χ4n) is 3.06. The second-order valence-electron chi connectivity index (χ2n) is 6.74. The molecule has 2 N–H and O–H groups in total. The van der Waals surface area contributed by atoms with Crippen LogP contribution in [0.2, 0.25) is 0 Å². The van der Waals surface area contributed by atoms with Crippen LogP contribution >= 0.6 is 12.2 Å². The zero-order chi connectivity index (χ0) is 20.9. The molecule has 2 heterocycles. The molecule has 1 unspecified atom stereocenters. The van der Waals surface area contributed by atoms with Crippen LogP contribution in [-0.2, 0) is 0 Å². The van der Waals surface area contributed by atoms with Gasteiger partial charge >= 0.3 is 0 Å². The van der Waals surface area contributed by atoms with Crippen molar-refractivity contribution in [2.45, 2.75) is 13.0 Å². The number of pyridine rings is 1. The summed E-state index contributed by atoms with van der Waals surface area (Å²) < 4.78 is 18.3. The summed E-state index contributed by atoms with van der Waals surface area (Å²) in [6.07, 6.45) is 3.34. The summed E-state index contributed by atoms with van der Waals surface area (Å²) in [5.41, 5.74) is 5.07. The molecule has 0 radical (unpaired) electrons. The number of hydrogen-bond acceptors (Lipinski definition) is 4. The standard InChI is InChI=1S/C23H19FN4OS/c1-15(16-5-9-18(24)10-6-16)26-23(30)27-19-11-7-17(8-12-19)20-14-29-28-22(20)21-4-2-3-13-25-21/h2-15H,1H3,(H2,26,27,30). The second-order valence-corrected chi connectivity index (χ2v) is 7.15. The van der Waals surface area contributed by atoms with Gasteiger partial charge in [-0.25, -0.2) is 4.39 Å². The van der Waals surface area contributed by atoms with E-state index in [0.717, 1.165) is 28.1 Å². The Morgan fingerprint density at radius 1 is 1.03 bits per heavy atom. The van der Waals surface area contributed by atoms with E-state index in [4.69, 9.17) is 16.7 Å². The van der Waals surface area contributed by atoms with Crippen LogP contribution in [0.5, 0.6) is 0 Å². The van der Waals surface area contributed by atoms with Crippen molar-refractivity contribution in [2.75, 3.05) is 5.32 Å². The maximum Gasteiger partial charge on any atom is 0.171 e. The molecular weight excluding hydrogens is 399 g/mol. The van der Waals surface area contributed by atoms with E-state index in [1.54, 1.807) is 24.6 Å². The summed E-state index contributed by atoms with van der Waals surface area (Å²) in [5.74, 6) is -0.259. The predicted octanol–water partition coefficient (Wildman–Crippen LogP) is 5.59. The summed E-state index contributed by atoms with van der Waals surface area (Å²) in [7, 11) is 0. The first-order valence-electron chi connectivity index (χ1n) is 9.39. The molecule has 2 aromatic carbocycles. The van der Waals surface area contributed by atoms with Crippen LogP contribution < -0.4 is 10.6 Å². The Bertz CT molecular complexity index is 1130. The first-order chi connectivity index (χ1) is 14.6. The molecule has 5 nitrogen and oxygen atoms in total. The molecule has 0 saturated heterocycles. The number of aromatic nitrogens is 2. The van der Waals surface area contributed by atoms with Crippen LogP contribution in [0.4, 0.5) is 10.1 Å². The normalized spacial score (nSPS) is 11.7. The fraction of sp³-hybridized carbons (Fsp3) is 0.0870. The molecular formula is C23H19FN4OS. The molecule has 30 heavy (non-hydrogen) atoms. The highest BCUT2D eigenvalue weighted by Crippen LogP contribution is 2.30. The van der Waals surface area contributed by atoms with Gasteiger partial charge in [-0.15, -0.1) is 0 Å². The molecule has 150 valence electrons. The van der Waals surface area contributed by atoms with Crippen molar-refractivity contribution in [1.29, 1.82) is 0 Å². The number of benzene rings is 2. The third kappa shape index (κ3) is 4.52. The van der Waals surface area contributed by atoms with Gasteiger partial charge in [0.05, 0.1) is 17.3 Å². The molecule has 0 aliphatic rings. The van der Waals surface area contributed by atoms with Gasteiger partial charge in [-0.1, -0.05) is 35.5 Å². The molecule has 1 atom stereocenters. The van der Waals surface area contributed by atoms with Crippen molar-refractivity contribution in [1.82, 2.24) is 15.5 Å². The predicted molar refractivity (Wildman–Crippen MR) is 119 cm³/mol. The number of hydrogen-bond donors (Lipinski definition) is 2. The van der Waals surface area contributed by atoms with Crippen molar-refractivity contribution >= 4 is 23.0 Å². The van der Waals surface area contributed by atoms with Crippen LogP contribution in [0.3, 0.4) is 0 Å². The van der Waals surface area contributed by atoms with Crippen molar-refractivity contribution in [3.05, 3.63) is 90.6 Å². The monoisotopic (exact) mass is 418 g/mol. The summed E-state index contributed by atoms with van der Waals surface area (Å²) in [4.78, 5) is 4.34. The topological polar surface area (TPSA) is 63.0 Å². The van der Waals surface area contributed by atoms with E-state index in [2.05, 4.69) is 20.8 Å². The summed E-state index contributed by atoms with van der Waals surface area (Å²) in [6, 6.07) is 19.8. The van der Waals surface area contributed by atoms with Crippen molar-refractivity contribution in [2.24, 2.45) is 0 Å². The first kappa shape index (κ1) is 19.7. The Labute approximate surface area is 179 Å². The molecule has 0 spiro atoms. The van der Waals surface area contributed by atoms with Crippen LogP contribution in [-0.4, -0.2) is 15.3 Å². The molecule has 0 fully saturated rings. The number of thiocarbonyl (C=S) groups is 1. The molecule has 0 amide bonds. The number of nitrogens with one attached hydrogen (secondary N) is 2. The highest BCUT2D eigenvalue weighted by Gasteiger charge is 2.13. The third-order valence-electron chi connectivity index (χ3n) is 4.65. The summed E-state index contributed by atoms with van der Waals surface area (Å²) in [5, 5.41) is 10.9. The van der Waals surface area contributed by atoms with E-state index in [1.807, 2.05) is 49.4 Å². The maximum absolute atomic E-state index is 13.1. The minimum atomic E-state index is -0.259. The molecule has 0 aliphatic heterocycles. The fourth-order valence-corrected chi connectivity index (χ4v) is 3.36. The van der Waals surface area contributed by atoms with Gasteiger partial charge in [-0.05, 0) is 66.7 Å². The smallest absolute Gasteiger partial charge is 0.171 e. The average Bonchev–Trinajstić information content (AvgIpc) is 3.25. The van der Waals surface area contributed by atoms with Crippen LogP contribution in [0.25, 0.3) is 22.5 Å². The van der Waals surface area contributed by atoms with Gasteiger partial charge < -0.3 is 15.2 Å². The van der Waals surface area contributed by atoms with Gasteiger partial charge in [0.25, 0.3) is 0 Å². The Hall–Kier alpha value is -3.58. The molecule has 4 rings (SSSR count). The van der Waals surface area contributed by atoms with Gasteiger partial charge in [0.2, 0.25) is 0 Å². The number of halogens is 1. The number of nitrogens with zero attached hydrogens (tertiary/aromatic N) is 2. The number of anilines is 1. The summed E-state index contributed by atoms with van der Waals surface area (Å²) >= 11 is 5.41. The van der Waals surface area contributed by atoms with Gasteiger partial charge in [-0.2, -0.15) is 0 Å². The molecule has 4 aromatic rings.